The number of fused-ring (bicyclic) bond motifs is 2. The zero-order valence-corrected chi connectivity index (χ0v) is 15.7. The molecule has 0 unspecified atom stereocenters. The molecular weight excluding hydrogens is 372 g/mol. The molecule has 1 aromatic carbocycles. The van der Waals surface area contributed by atoms with Crippen molar-refractivity contribution in [2.45, 2.75) is 18.5 Å². The highest BCUT2D eigenvalue weighted by atomic mass is 35.5. The fraction of sp³-hybridized carbons (Fsp3) is 0.263. The molecule has 2 amide bonds. The number of ether oxygens (including phenoxy) is 1. The summed E-state index contributed by atoms with van der Waals surface area (Å²) in [6.45, 7) is 0.514. The zero-order chi connectivity index (χ0) is 18.3. The minimum absolute atomic E-state index is 0.0565. The Morgan fingerprint density at radius 2 is 2.23 bits per heavy atom. The van der Waals surface area contributed by atoms with E-state index in [0.717, 1.165) is 4.88 Å². The Labute approximate surface area is 160 Å². The Morgan fingerprint density at radius 3 is 2.92 bits per heavy atom. The first-order valence-electron chi connectivity index (χ1n) is 8.27. The van der Waals surface area contributed by atoms with Crippen LogP contribution in [0.15, 0.2) is 41.8 Å². The Balaban J connectivity index is 1.54. The van der Waals surface area contributed by atoms with Crippen LogP contribution >= 0.6 is 22.9 Å². The molecule has 0 aliphatic carbocycles. The smallest absolute Gasteiger partial charge is 0.250 e. The van der Waals surface area contributed by atoms with Gasteiger partial charge < -0.3 is 14.5 Å². The third-order valence-electron chi connectivity index (χ3n) is 4.78. The van der Waals surface area contributed by atoms with Crippen molar-refractivity contribution in [3.8, 4) is 5.75 Å². The highest BCUT2D eigenvalue weighted by molar-refractivity contribution is 7.10. The zero-order valence-electron chi connectivity index (χ0n) is 14.1. The summed E-state index contributed by atoms with van der Waals surface area (Å²) in [5.41, 5.74) is 0.665. The third-order valence-corrected chi connectivity index (χ3v) is 5.86. The summed E-state index contributed by atoms with van der Waals surface area (Å²) < 4.78 is 5.38. The van der Waals surface area contributed by atoms with Gasteiger partial charge in [0, 0.05) is 22.5 Å². The molecule has 2 fully saturated rings. The van der Waals surface area contributed by atoms with Crippen molar-refractivity contribution in [2.24, 2.45) is 0 Å². The molecule has 2 bridgehead atoms. The van der Waals surface area contributed by atoms with Crippen molar-refractivity contribution >= 4 is 46.5 Å². The first-order chi connectivity index (χ1) is 12.6. The minimum atomic E-state index is -0.427. The molecule has 2 aliphatic rings. The highest BCUT2D eigenvalue weighted by Gasteiger charge is 2.52. The standard InChI is InChI=1S/C19H17ClN2O3S/c1-25-17-6-4-12(20)9-15(17)22-13-10-16(19(22)24)21(11-13)18(23)7-5-14-3-2-8-26-14/h2-9,13,16H,10-11H2,1H3/b7-5+/t13-,16-/m0/s1. The lowest BCUT2D eigenvalue weighted by atomic mass is 10.2. The fourth-order valence-corrected chi connectivity index (χ4v) is 4.41. The minimum Gasteiger partial charge on any atom is -0.495 e. The molecule has 0 spiro atoms. The molecular formula is C19H17ClN2O3S. The second-order valence-electron chi connectivity index (χ2n) is 6.27. The molecule has 7 heteroatoms. The van der Waals surface area contributed by atoms with Gasteiger partial charge in [0.1, 0.15) is 11.8 Å². The predicted octanol–water partition coefficient (Wildman–Crippen LogP) is 3.44. The van der Waals surface area contributed by atoms with Crippen molar-refractivity contribution in [2.75, 3.05) is 18.6 Å². The van der Waals surface area contributed by atoms with E-state index in [9.17, 15) is 9.59 Å². The third kappa shape index (κ3) is 2.89. The van der Waals surface area contributed by atoms with Crippen LogP contribution in [-0.4, -0.2) is 42.5 Å². The van der Waals surface area contributed by atoms with Gasteiger partial charge in [-0.15, -0.1) is 11.3 Å². The van der Waals surface area contributed by atoms with E-state index in [4.69, 9.17) is 16.3 Å². The molecule has 2 atom stereocenters. The van der Waals surface area contributed by atoms with Crippen molar-refractivity contribution in [1.29, 1.82) is 0 Å². The summed E-state index contributed by atoms with van der Waals surface area (Å²) in [7, 11) is 1.57. The summed E-state index contributed by atoms with van der Waals surface area (Å²) in [6, 6.07) is 8.62. The van der Waals surface area contributed by atoms with Gasteiger partial charge in [-0.2, -0.15) is 0 Å². The molecule has 0 N–H and O–H groups in total. The maximum Gasteiger partial charge on any atom is 0.250 e. The number of nitrogens with zero attached hydrogens (tertiary/aromatic N) is 2. The van der Waals surface area contributed by atoms with Crippen LogP contribution in [0.4, 0.5) is 5.69 Å². The van der Waals surface area contributed by atoms with E-state index in [1.165, 1.54) is 0 Å². The van der Waals surface area contributed by atoms with Crippen molar-refractivity contribution < 1.29 is 14.3 Å². The van der Waals surface area contributed by atoms with Gasteiger partial charge in [-0.3, -0.25) is 9.59 Å². The number of hydrogen-bond acceptors (Lipinski definition) is 4. The molecule has 5 nitrogen and oxygen atoms in total. The number of amides is 2. The van der Waals surface area contributed by atoms with Crippen LogP contribution in [-0.2, 0) is 9.59 Å². The summed E-state index contributed by atoms with van der Waals surface area (Å²) in [5, 5.41) is 2.50. The molecule has 134 valence electrons. The molecule has 2 aliphatic heterocycles. The molecule has 1 aromatic heterocycles. The second kappa shape index (κ2) is 6.78. The van der Waals surface area contributed by atoms with Gasteiger partial charge in [0.15, 0.2) is 0 Å². The molecule has 2 saturated heterocycles. The van der Waals surface area contributed by atoms with E-state index in [0.29, 0.717) is 29.4 Å². The molecule has 0 saturated carbocycles. The maximum atomic E-state index is 12.9. The maximum absolute atomic E-state index is 12.9. The topological polar surface area (TPSA) is 49.9 Å². The van der Waals surface area contributed by atoms with Crippen molar-refractivity contribution in [3.05, 3.63) is 51.7 Å². The van der Waals surface area contributed by atoms with Gasteiger partial charge in [0.25, 0.3) is 0 Å². The number of piperazine rings is 1. The lowest BCUT2D eigenvalue weighted by Crippen LogP contribution is -2.52. The van der Waals surface area contributed by atoms with Crippen LogP contribution in [0.25, 0.3) is 6.08 Å². The van der Waals surface area contributed by atoms with E-state index >= 15 is 0 Å². The molecule has 26 heavy (non-hydrogen) atoms. The number of halogens is 1. The number of thiophene rings is 1. The van der Waals surface area contributed by atoms with E-state index in [1.54, 1.807) is 58.6 Å². The SMILES string of the molecule is COc1ccc(Cl)cc1N1C(=O)[C@@H]2C[C@H]1CN2C(=O)/C=C/c1cccs1. The van der Waals surface area contributed by atoms with Crippen molar-refractivity contribution in [1.82, 2.24) is 4.90 Å². The number of methoxy groups -OCH3 is 1. The van der Waals surface area contributed by atoms with Crippen LogP contribution < -0.4 is 9.64 Å². The van der Waals surface area contributed by atoms with Crippen molar-refractivity contribution in [3.63, 3.8) is 0 Å². The fourth-order valence-electron chi connectivity index (χ4n) is 3.62. The Kier molecular flexibility index (Phi) is 4.46. The Morgan fingerprint density at radius 1 is 1.38 bits per heavy atom. The Hall–Kier alpha value is -2.31. The van der Waals surface area contributed by atoms with Crippen LogP contribution in [0.3, 0.4) is 0 Å². The number of anilines is 1. The summed E-state index contributed by atoms with van der Waals surface area (Å²) in [6.07, 6.45) is 3.97. The first-order valence-corrected chi connectivity index (χ1v) is 9.53. The van der Waals surface area contributed by atoms with E-state index in [1.807, 2.05) is 17.5 Å². The number of rotatable bonds is 4. The van der Waals surface area contributed by atoms with Crippen LogP contribution in [0.2, 0.25) is 5.02 Å². The molecule has 2 aromatic rings. The Bertz CT molecular complexity index is 881. The lowest BCUT2D eigenvalue weighted by molar-refractivity contribution is -0.134. The largest absolute Gasteiger partial charge is 0.495 e. The van der Waals surface area contributed by atoms with E-state index in [2.05, 4.69) is 0 Å². The number of likely N-dealkylation sites (tertiary alicyclic amines) is 1. The van der Waals surface area contributed by atoms with Gasteiger partial charge in [-0.05, 0) is 42.1 Å². The van der Waals surface area contributed by atoms with Gasteiger partial charge in [0.2, 0.25) is 11.8 Å². The van der Waals surface area contributed by atoms with E-state index in [-0.39, 0.29) is 17.9 Å². The monoisotopic (exact) mass is 388 g/mol. The number of carbonyl (C=O) groups excluding carboxylic acids is 2. The summed E-state index contributed by atoms with van der Waals surface area (Å²) in [4.78, 5) is 29.8. The average molecular weight is 389 g/mol. The average Bonchev–Trinajstić information content (AvgIpc) is 3.36. The van der Waals surface area contributed by atoms with E-state index < -0.39 is 6.04 Å². The number of benzene rings is 1. The molecule has 0 radical (unpaired) electrons. The van der Waals surface area contributed by atoms with Gasteiger partial charge in [-0.1, -0.05) is 17.7 Å². The van der Waals surface area contributed by atoms with Gasteiger partial charge in [0.05, 0.1) is 18.8 Å². The number of hydrogen-bond donors (Lipinski definition) is 0. The second-order valence-corrected chi connectivity index (χ2v) is 7.68. The van der Waals surface area contributed by atoms with Crippen LogP contribution in [0, 0.1) is 0 Å². The molecule has 3 heterocycles. The van der Waals surface area contributed by atoms with Crippen LogP contribution in [0.1, 0.15) is 11.3 Å². The van der Waals surface area contributed by atoms with Gasteiger partial charge >= 0.3 is 0 Å². The molecule has 4 rings (SSSR count). The predicted molar refractivity (Wildman–Crippen MR) is 103 cm³/mol. The number of carbonyl (C=O) groups is 2. The first kappa shape index (κ1) is 17.1. The summed E-state index contributed by atoms with van der Waals surface area (Å²) >= 11 is 7.67. The van der Waals surface area contributed by atoms with Gasteiger partial charge in [-0.25, -0.2) is 0 Å². The lowest BCUT2D eigenvalue weighted by Gasteiger charge is -2.34. The summed E-state index contributed by atoms with van der Waals surface area (Å²) in [5.74, 6) is 0.391. The van der Waals surface area contributed by atoms with Crippen LogP contribution in [0.5, 0.6) is 5.75 Å². The normalized spacial score (nSPS) is 21.8. The quantitative estimate of drug-likeness (QED) is 0.754. The highest BCUT2D eigenvalue weighted by Crippen LogP contribution is 2.41.